The SMILES string of the molecule is O=C(O)c1cc(Oc2ccccc2F)c([N+](=O)[O-])cc1F. The minimum atomic E-state index is -1.62. The molecule has 0 saturated heterocycles. The van der Waals surface area contributed by atoms with Crippen molar-refractivity contribution < 1.29 is 28.3 Å². The summed E-state index contributed by atoms with van der Waals surface area (Å²) < 4.78 is 31.9. The Kier molecular flexibility index (Phi) is 3.79. The number of rotatable bonds is 4. The number of nitrogens with zero attached hydrogens (tertiary/aromatic N) is 1. The molecule has 0 unspecified atom stereocenters. The number of nitro groups is 1. The first-order valence-electron chi connectivity index (χ1n) is 5.53. The highest BCUT2D eigenvalue weighted by Gasteiger charge is 2.23. The summed E-state index contributed by atoms with van der Waals surface area (Å²) in [6.45, 7) is 0. The fraction of sp³-hybridized carbons (Fsp3) is 0. The van der Waals surface area contributed by atoms with Gasteiger partial charge in [-0.25, -0.2) is 13.6 Å². The molecule has 0 aliphatic heterocycles. The number of ether oxygens (including phenoxy) is 1. The Balaban J connectivity index is 2.55. The van der Waals surface area contributed by atoms with Crippen molar-refractivity contribution in [3.05, 3.63) is 63.7 Å². The van der Waals surface area contributed by atoms with E-state index >= 15 is 0 Å². The Morgan fingerprint density at radius 3 is 2.38 bits per heavy atom. The van der Waals surface area contributed by atoms with E-state index in [1.807, 2.05) is 0 Å². The number of para-hydroxylation sites is 1. The zero-order valence-electron chi connectivity index (χ0n) is 10.2. The van der Waals surface area contributed by atoms with E-state index in [0.29, 0.717) is 12.1 Å². The Bertz CT molecular complexity index is 732. The number of carboxylic acid groups (broad SMARTS) is 1. The predicted octanol–water partition coefficient (Wildman–Crippen LogP) is 3.36. The third-order valence-electron chi connectivity index (χ3n) is 2.53. The van der Waals surface area contributed by atoms with Crippen LogP contribution in [-0.2, 0) is 0 Å². The van der Waals surface area contributed by atoms with Gasteiger partial charge >= 0.3 is 11.7 Å². The van der Waals surface area contributed by atoms with E-state index in [1.54, 1.807) is 0 Å². The topological polar surface area (TPSA) is 89.7 Å². The van der Waals surface area contributed by atoms with Gasteiger partial charge in [0.1, 0.15) is 5.82 Å². The zero-order chi connectivity index (χ0) is 15.6. The van der Waals surface area contributed by atoms with Gasteiger partial charge < -0.3 is 9.84 Å². The smallest absolute Gasteiger partial charge is 0.338 e. The van der Waals surface area contributed by atoms with Gasteiger partial charge in [-0.2, -0.15) is 0 Å². The first kappa shape index (κ1) is 14.4. The maximum atomic E-state index is 13.5. The van der Waals surface area contributed by atoms with Crippen LogP contribution < -0.4 is 4.74 Å². The molecule has 21 heavy (non-hydrogen) atoms. The lowest BCUT2D eigenvalue weighted by molar-refractivity contribution is -0.385. The van der Waals surface area contributed by atoms with Gasteiger partial charge in [-0.05, 0) is 12.1 Å². The molecule has 0 heterocycles. The summed E-state index contributed by atoms with van der Waals surface area (Å²) in [6, 6.07) is 6.11. The molecule has 1 N–H and O–H groups in total. The fourth-order valence-corrected chi connectivity index (χ4v) is 1.58. The Morgan fingerprint density at radius 2 is 1.81 bits per heavy atom. The summed E-state index contributed by atoms with van der Waals surface area (Å²) in [7, 11) is 0. The number of carbonyl (C=O) groups is 1. The van der Waals surface area contributed by atoms with Crippen molar-refractivity contribution in [2.24, 2.45) is 0 Å². The number of aromatic carboxylic acids is 1. The molecule has 0 bridgehead atoms. The van der Waals surface area contributed by atoms with E-state index in [1.165, 1.54) is 18.2 Å². The molecule has 108 valence electrons. The second-order valence-electron chi connectivity index (χ2n) is 3.89. The number of halogens is 2. The maximum Gasteiger partial charge on any atom is 0.338 e. The molecular formula is C13H7F2NO5. The minimum Gasteiger partial charge on any atom is -0.478 e. The third-order valence-corrected chi connectivity index (χ3v) is 2.53. The minimum absolute atomic E-state index is 0.344. The summed E-state index contributed by atoms with van der Waals surface area (Å²) in [5, 5.41) is 19.6. The van der Waals surface area contributed by atoms with Crippen LogP contribution in [0.5, 0.6) is 11.5 Å². The van der Waals surface area contributed by atoms with Crippen LogP contribution in [0.15, 0.2) is 36.4 Å². The lowest BCUT2D eigenvalue weighted by atomic mass is 10.1. The third kappa shape index (κ3) is 2.94. The maximum absolute atomic E-state index is 13.5. The number of benzene rings is 2. The van der Waals surface area contributed by atoms with Crippen molar-refractivity contribution in [1.82, 2.24) is 0 Å². The van der Waals surface area contributed by atoms with Gasteiger partial charge in [0.25, 0.3) is 0 Å². The monoisotopic (exact) mass is 295 g/mol. The van der Waals surface area contributed by atoms with Crippen molar-refractivity contribution in [2.45, 2.75) is 0 Å². The average molecular weight is 295 g/mol. The van der Waals surface area contributed by atoms with E-state index in [-0.39, 0.29) is 5.75 Å². The van der Waals surface area contributed by atoms with Gasteiger partial charge in [0.05, 0.1) is 16.6 Å². The van der Waals surface area contributed by atoms with Crippen LogP contribution in [0.4, 0.5) is 14.5 Å². The highest BCUT2D eigenvalue weighted by molar-refractivity contribution is 5.89. The summed E-state index contributed by atoms with van der Waals surface area (Å²) in [5.74, 6) is -4.61. The Labute approximate surface area is 116 Å². The van der Waals surface area contributed by atoms with Gasteiger partial charge in [0.2, 0.25) is 5.75 Å². The molecule has 2 rings (SSSR count). The lowest BCUT2D eigenvalue weighted by Crippen LogP contribution is -2.04. The van der Waals surface area contributed by atoms with Crippen LogP contribution in [0.25, 0.3) is 0 Å². The number of nitro benzene ring substituents is 1. The van der Waals surface area contributed by atoms with Crippen LogP contribution in [0.3, 0.4) is 0 Å². The van der Waals surface area contributed by atoms with Crippen LogP contribution in [0, 0.1) is 21.7 Å². The van der Waals surface area contributed by atoms with Crippen LogP contribution in [-0.4, -0.2) is 16.0 Å². The fourth-order valence-electron chi connectivity index (χ4n) is 1.58. The summed E-state index contributed by atoms with van der Waals surface area (Å²) >= 11 is 0. The molecule has 2 aromatic carbocycles. The Hall–Kier alpha value is -3.03. The van der Waals surface area contributed by atoms with Gasteiger partial charge in [-0.1, -0.05) is 12.1 Å². The van der Waals surface area contributed by atoms with Crippen molar-refractivity contribution in [1.29, 1.82) is 0 Å². The van der Waals surface area contributed by atoms with E-state index in [4.69, 9.17) is 9.84 Å². The molecule has 0 spiro atoms. The van der Waals surface area contributed by atoms with E-state index in [9.17, 15) is 23.7 Å². The Morgan fingerprint density at radius 1 is 1.14 bits per heavy atom. The number of hydrogen-bond acceptors (Lipinski definition) is 4. The number of hydrogen-bond donors (Lipinski definition) is 1. The van der Waals surface area contributed by atoms with E-state index < -0.39 is 39.5 Å². The standard InChI is InChI=1S/C13H7F2NO5/c14-8-3-1-2-4-11(8)21-12-5-7(13(17)18)9(15)6-10(12)16(19)20/h1-6H,(H,17,18). The normalized spacial score (nSPS) is 10.2. The van der Waals surface area contributed by atoms with Crippen molar-refractivity contribution in [2.75, 3.05) is 0 Å². The highest BCUT2D eigenvalue weighted by Crippen LogP contribution is 2.34. The van der Waals surface area contributed by atoms with Gasteiger partial charge in [-0.3, -0.25) is 10.1 Å². The van der Waals surface area contributed by atoms with Crippen molar-refractivity contribution in [3.63, 3.8) is 0 Å². The second-order valence-corrected chi connectivity index (χ2v) is 3.89. The van der Waals surface area contributed by atoms with Gasteiger partial charge in [0.15, 0.2) is 11.6 Å². The van der Waals surface area contributed by atoms with Crippen LogP contribution >= 0.6 is 0 Å². The molecule has 0 radical (unpaired) electrons. The quantitative estimate of drug-likeness (QED) is 0.690. The molecule has 0 amide bonds. The molecule has 0 aliphatic carbocycles. The number of carboxylic acids is 1. The zero-order valence-corrected chi connectivity index (χ0v) is 10.2. The van der Waals surface area contributed by atoms with Crippen LogP contribution in [0.1, 0.15) is 10.4 Å². The highest BCUT2D eigenvalue weighted by atomic mass is 19.1. The van der Waals surface area contributed by atoms with Crippen LogP contribution in [0.2, 0.25) is 0 Å². The van der Waals surface area contributed by atoms with E-state index in [0.717, 1.165) is 6.07 Å². The summed E-state index contributed by atoms with van der Waals surface area (Å²) in [4.78, 5) is 20.7. The van der Waals surface area contributed by atoms with E-state index in [2.05, 4.69) is 0 Å². The molecule has 2 aromatic rings. The molecule has 0 saturated carbocycles. The molecule has 0 fully saturated rings. The van der Waals surface area contributed by atoms with Crippen molar-refractivity contribution >= 4 is 11.7 Å². The predicted molar refractivity (Wildman–Crippen MR) is 66.5 cm³/mol. The largest absolute Gasteiger partial charge is 0.478 e. The molecular weight excluding hydrogens is 288 g/mol. The first-order valence-corrected chi connectivity index (χ1v) is 5.53. The molecule has 6 nitrogen and oxygen atoms in total. The molecule has 0 aliphatic rings. The molecule has 0 aromatic heterocycles. The first-order chi connectivity index (χ1) is 9.90. The second kappa shape index (κ2) is 5.53. The summed E-state index contributed by atoms with van der Waals surface area (Å²) in [6.07, 6.45) is 0. The molecule has 8 heteroatoms. The lowest BCUT2D eigenvalue weighted by Gasteiger charge is -2.08. The van der Waals surface area contributed by atoms with Gasteiger partial charge in [-0.15, -0.1) is 0 Å². The van der Waals surface area contributed by atoms with Gasteiger partial charge in [0, 0.05) is 6.07 Å². The van der Waals surface area contributed by atoms with Crippen molar-refractivity contribution in [3.8, 4) is 11.5 Å². The molecule has 0 atom stereocenters. The summed E-state index contributed by atoms with van der Waals surface area (Å²) in [5.41, 5.74) is -1.62. The average Bonchev–Trinajstić information content (AvgIpc) is 2.42.